The first kappa shape index (κ1) is 13.6. The van der Waals surface area contributed by atoms with Crippen LogP contribution in [-0.2, 0) is 0 Å². The molecule has 0 spiro atoms. The van der Waals surface area contributed by atoms with E-state index in [4.69, 9.17) is 11.6 Å². The number of thioether (sulfide) groups is 1. The van der Waals surface area contributed by atoms with Gasteiger partial charge in [-0.15, -0.1) is 0 Å². The Hall–Kier alpha value is -0.870. The Morgan fingerprint density at radius 3 is 2.78 bits per heavy atom. The highest BCUT2D eigenvalue weighted by Crippen LogP contribution is 2.43. The van der Waals surface area contributed by atoms with Crippen molar-refractivity contribution < 1.29 is 9.90 Å². The predicted molar refractivity (Wildman–Crippen MR) is 77.0 cm³/mol. The summed E-state index contributed by atoms with van der Waals surface area (Å²) < 4.78 is 0.262. The largest absolute Gasteiger partial charge is 0.478 e. The van der Waals surface area contributed by atoms with E-state index in [1.54, 1.807) is 18.2 Å². The molecule has 0 atom stereocenters. The molecule has 5 heteroatoms. The van der Waals surface area contributed by atoms with E-state index < -0.39 is 5.97 Å². The van der Waals surface area contributed by atoms with Crippen LogP contribution in [0.3, 0.4) is 0 Å². The van der Waals surface area contributed by atoms with Gasteiger partial charge in [0.05, 0.1) is 10.7 Å². The van der Waals surface area contributed by atoms with Gasteiger partial charge in [-0.1, -0.05) is 24.1 Å². The lowest BCUT2D eigenvalue weighted by molar-refractivity contribution is 0.0698. The molecule has 0 aliphatic heterocycles. The van der Waals surface area contributed by atoms with Crippen molar-refractivity contribution >= 4 is 35.0 Å². The number of benzene rings is 1. The number of anilines is 1. The van der Waals surface area contributed by atoms with Gasteiger partial charge in [0.2, 0.25) is 0 Å². The molecular weight excluding hydrogens is 270 g/mol. The van der Waals surface area contributed by atoms with Gasteiger partial charge in [0, 0.05) is 11.3 Å². The van der Waals surface area contributed by atoms with Crippen LogP contribution in [0, 0.1) is 0 Å². The van der Waals surface area contributed by atoms with Gasteiger partial charge < -0.3 is 10.4 Å². The Bertz CT molecular complexity index is 455. The Balaban J connectivity index is 2.14. The summed E-state index contributed by atoms with van der Waals surface area (Å²) >= 11 is 7.78. The van der Waals surface area contributed by atoms with E-state index in [1.807, 2.05) is 11.8 Å². The number of nitrogens with one attached hydrogen (secondary N) is 1. The minimum atomic E-state index is -0.991. The quantitative estimate of drug-likeness (QED) is 0.865. The molecule has 0 heterocycles. The zero-order valence-corrected chi connectivity index (χ0v) is 11.8. The van der Waals surface area contributed by atoms with Gasteiger partial charge in [0.1, 0.15) is 5.56 Å². The fraction of sp³-hybridized carbons (Fsp3) is 0.462. The zero-order valence-electron chi connectivity index (χ0n) is 10.2. The van der Waals surface area contributed by atoms with Gasteiger partial charge in [-0.25, -0.2) is 4.79 Å². The first-order valence-corrected chi connectivity index (χ1v) is 7.49. The van der Waals surface area contributed by atoms with Crippen molar-refractivity contribution in [2.75, 3.05) is 18.1 Å². The minimum Gasteiger partial charge on any atom is -0.478 e. The molecule has 1 aromatic carbocycles. The van der Waals surface area contributed by atoms with Gasteiger partial charge in [-0.05, 0) is 31.2 Å². The Morgan fingerprint density at radius 2 is 2.28 bits per heavy atom. The van der Waals surface area contributed by atoms with Crippen molar-refractivity contribution in [3.8, 4) is 0 Å². The van der Waals surface area contributed by atoms with Crippen molar-refractivity contribution in [2.24, 2.45) is 0 Å². The second-order valence-corrected chi connectivity index (χ2v) is 6.24. The third-order valence-electron chi connectivity index (χ3n) is 3.53. The Labute approximate surface area is 116 Å². The molecule has 98 valence electrons. The molecule has 0 amide bonds. The average molecular weight is 286 g/mol. The molecule has 1 fully saturated rings. The summed E-state index contributed by atoms with van der Waals surface area (Å²) in [4.78, 5) is 11.2. The van der Waals surface area contributed by atoms with Crippen LogP contribution in [0.5, 0.6) is 0 Å². The zero-order chi connectivity index (χ0) is 13.2. The summed E-state index contributed by atoms with van der Waals surface area (Å²) in [6.07, 6.45) is 5.73. The van der Waals surface area contributed by atoms with Gasteiger partial charge in [-0.3, -0.25) is 0 Å². The number of carbonyl (C=O) groups is 1. The molecule has 0 saturated heterocycles. The normalized spacial score (nSPS) is 17.0. The second-order valence-electron chi connectivity index (χ2n) is 4.56. The van der Waals surface area contributed by atoms with E-state index in [-0.39, 0.29) is 15.3 Å². The van der Waals surface area contributed by atoms with E-state index in [0.717, 1.165) is 6.54 Å². The van der Waals surface area contributed by atoms with Crippen LogP contribution >= 0.6 is 23.4 Å². The summed E-state index contributed by atoms with van der Waals surface area (Å²) in [5.41, 5.74) is 0.769. The van der Waals surface area contributed by atoms with E-state index in [1.165, 1.54) is 19.3 Å². The molecule has 2 N–H and O–H groups in total. The number of carboxylic acids is 1. The van der Waals surface area contributed by atoms with Crippen molar-refractivity contribution in [1.82, 2.24) is 0 Å². The van der Waals surface area contributed by atoms with Gasteiger partial charge >= 0.3 is 5.97 Å². The van der Waals surface area contributed by atoms with E-state index >= 15 is 0 Å². The Kier molecular flexibility index (Phi) is 4.07. The fourth-order valence-electron chi connectivity index (χ4n) is 2.17. The number of hydrogen-bond donors (Lipinski definition) is 2. The molecule has 0 bridgehead atoms. The van der Waals surface area contributed by atoms with Gasteiger partial charge in [-0.2, -0.15) is 11.8 Å². The van der Waals surface area contributed by atoms with Crippen molar-refractivity contribution in [3.05, 3.63) is 28.8 Å². The lowest BCUT2D eigenvalue weighted by Crippen LogP contribution is -2.40. The highest BCUT2D eigenvalue weighted by atomic mass is 35.5. The summed E-state index contributed by atoms with van der Waals surface area (Å²) in [7, 11) is 0. The minimum absolute atomic E-state index is 0.162. The maximum Gasteiger partial charge on any atom is 0.339 e. The topological polar surface area (TPSA) is 49.3 Å². The number of carboxylic acid groups (broad SMARTS) is 1. The number of aromatic carboxylic acids is 1. The van der Waals surface area contributed by atoms with Crippen molar-refractivity contribution in [3.63, 3.8) is 0 Å². The second kappa shape index (κ2) is 5.41. The van der Waals surface area contributed by atoms with Crippen LogP contribution in [0.25, 0.3) is 0 Å². The smallest absolute Gasteiger partial charge is 0.339 e. The van der Waals surface area contributed by atoms with Crippen molar-refractivity contribution in [2.45, 2.75) is 24.0 Å². The molecule has 0 radical (unpaired) electrons. The SMILES string of the molecule is CSC1(CNc2cccc(Cl)c2C(=O)O)CCC1. The highest BCUT2D eigenvalue weighted by Gasteiger charge is 2.36. The van der Waals surface area contributed by atoms with Gasteiger partial charge in [0.15, 0.2) is 0 Å². The first-order valence-electron chi connectivity index (χ1n) is 5.89. The van der Waals surface area contributed by atoms with Crippen LogP contribution < -0.4 is 5.32 Å². The number of hydrogen-bond acceptors (Lipinski definition) is 3. The Morgan fingerprint density at radius 1 is 1.56 bits per heavy atom. The average Bonchev–Trinajstić information content (AvgIpc) is 2.27. The van der Waals surface area contributed by atoms with E-state index in [2.05, 4.69) is 11.6 Å². The lowest BCUT2D eigenvalue weighted by atomic mass is 9.84. The molecule has 1 aliphatic rings. The molecule has 1 aliphatic carbocycles. The van der Waals surface area contributed by atoms with Gasteiger partial charge in [0.25, 0.3) is 0 Å². The summed E-state index contributed by atoms with van der Waals surface area (Å²) in [6.45, 7) is 0.786. The summed E-state index contributed by atoms with van der Waals surface area (Å²) in [5.74, 6) is -0.991. The maximum absolute atomic E-state index is 11.2. The molecule has 1 aromatic rings. The maximum atomic E-state index is 11.2. The van der Waals surface area contributed by atoms with E-state index in [0.29, 0.717) is 5.69 Å². The molecule has 0 aromatic heterocycles. The van der Waals surface area contributed by atoms with Crippen molar-refractivity contribution in [1.29, 1.82) is 0 Å². The molecular formula is C13H16ClNO2S. The molecule has 0 unspecified atom stereocenters. The predicted octanol–water partition coefficient (Wildman–Crippen LogP) is 3.74. The summed E-state index contributed by atoms with van der Waals surface area (Å²) in [6, 6.07) is 5.13. The fourth-order valence-corrected chi connectivity index (χ4v) is 3.34. The van der Waals surface area contributed by atoms with Crippen LogP contribution in [0.4, 0.5) is 5.69 Å². The highest BCUT2D eigenvalue weighted by molar-refractivity contribution is 8.00. The van der Waals surface area contributed by atoms with Crippen LogP contribution in [0.2, 0.25) is 5.02 Å². The summed E-state index contributed by atoms with van der Waals surface area (Å²) in [5, 5.41) is 12.7. The third-order valence-corrected chi connectivity index (χ3v) is 5.26. The first-order chi connectivity index (χ1) is 8.58. The molecule has 18 heavy (non-hydrogen) atoms. The van der Waals surface area contributed by atoms with E-state index in [9.17, 15) is 9.90 Å². The van der Waals surface area contributed by atoms with Crippen LogP contribution in [0.15, 0.2) is 18.2 Å². The molecule has 2 rings (SSSR count). The standard InChI is InChI=1S/C13H16ClNO2S/c1-18-13(6-3-7-13)8-15-10-5-2-4-9(14)11(10)12(16)17/h2,4-5,15H,3,6-8H2,1H3,(H,16,17). The number of halogens is 1. The lowest BCUT2D eigenvalue weighted by Gasteiger charge is -2.40. The monoisotopic (exact) mass is 285 g/mol. The van der Waals surface area contributed by atoms with Crippen LogP contribution in [0.1, 0.15) is 29.6 Å². The molecule has 3 nitrogen and oxygen atoms in total. The van der Waals surface area contributed by atoms with Crippen LogP contribution in [-0.4, -0.2) is 28.6 Å². The molecule has 1 saturated carbocycles. The number of rotatable bonds is 5. The third kappa shape index (κ3) is 2.59.